The Morgan fingerprint density at radius 1 is 1.33 bits per heavy atom. The second-order valence-electron chi connectivity index (χ2n) is 4.49. The predicted molar refractivity (Wildman–Crippen MR) is 80.8 cm³/mol. The highest BCUT2D eigenvalue weighted by Gasteiger charge is 2.19. The van der Waals surface area contributed by atoms with Crippen LogP contribution in [0.4, 0.5) is 5.13 Å². The SMILES string of the molecule is CC(=O)N(C)c1nn2c(C=O)c(-c3ccccc3)nc2s1. The molecule has 0 atom stereocenters. The molecule has 0 saturated carbocycles. The van der Waals surface area contributed by atoms with Crippen molar-refractivity contribution in [2.75, 3.05) is 11.9 Å². The van der Waals surface area contributed by atoms with Crippen LogP contribution in [0.2, 0.25) is 0 Å². The fourth-order valence-electron chi connectivity index (χ4n) is 1.94. The molecule has 0 radical (unpaired) electrons. The van der Waals surface area contributed by atoms with Gasteiger partial charge in [0.1, 0.15) is 11.4 Å². The average molecular weight is 300 g/mol. The number of imidazole rings is 1. The summed E-state index contributed by atoms with van der Waals surface area (Å²) in [5, 5.41) is 4.80. The molecule has 0 saturated heterocycles. The van der Waals surface area contributed by atoms with Gasteiger partial charge in [0.2, 0.25) is 16.0 Å². The van der Waals surface area contributed by atoms with Gasteiger partial charge in [0.25, 0.3) is 0 Å². The molecule has 1 aromatic carbocycles. The van der Waals surface area contributed by atoms with Crippen molar-refractivity contribution in [2.24, 2.45) is 0 Å². The smallest absolute Gasteiger partial charge is 0.225 e. The van der Waals surface area contributed by atoms with Crippen LogP contribution in [0.25, 0.3) is 16.2 Å². The second kappa shape index (κ2) is 5.10. The van der Waals surface area contributed by atoms with Crippen molar-refractivity contribution in [2.45, 2.75) is 6.92 Å². The molecule has 0 bridgehead atoms. The maximum absolute atomic E-state index is 11.4. The number of carbonyl (C=O) groups excluding carboxylic acids is 2. The molecule has 106 valence electrons. The maximum atomic E-state index is 11.4. The number of anilines is 1. The first-order chi connectivity index (χ1) is 10.1. The van der Waals surface area contributed by atoms with Gasteiger partial charge >= 0.3 is 0 Å². The molecule has 6 nitrogen and oxygen atoms in total. The highest BCUT2D eigenvalue weighted by atomic mass is 32.1. The molecule has 3 rings (SSSR count). The monoisotopic (exact) mass is 300 g/mol. The topological polar surface area (TPSA) is 67.6 Å². The minimum atomic E-state index is -0.122. The third kappa shape index (κ3) is 2.21. The number of rotatable bonds is 3. The first kappa shape index (κ1) is 13.4. The number of aldehydes is 1. The lowest BCUT2D eigenvalue weighted by atomic mass is 10.1. The Bertz CT molecular complexity index is 822. The molecule has 3 aromatic rings. The Labute approximate surface area is 124 Å². The van der Waals surface area contributed by atoms with Gasteiger partial charge in [0.15, 0.2) is 6.29 Å². The van der Waals surface area contributed by atoms with Crippen molar-refractivity contribution in [3.05, 3.63) is 36.0 Å². The largest absolute Gasteiger partial charge is 0.296 e. The van der Waals surface area contributed by atoms with Crippen LogP contribution in [-0.2, 0) is 4.79 Å². The lowest BCUT2D eigenvalue weighted by molar-refractivity contribution is -0.116. The molecule has 0 aliphatic heterocycles. The molecule has 2 heterocycles. The number of hydrogen-bond acceptors (Lipinski definition) is 5. The number of amides is 1. The van der Waals surface area contributed by atoms with Crippen LogP contribution in [0, 0.1) is 0 Å². The Kier molecular flexibility index (Phi) is 3.26. The van der Waals surface area contributed by atoms with Crippen molar-refractivity contribution < 1.29 is 9.59 Å². The highest BCUT2D eigenvalue weighted by molar-refractivity contribution is 7.20. The Hall–Kier alpha value is -2.54. The minimum absolute atomic E-state index is 0.122. The summed E-state index contributed by atoms with van der Waals surface area (Å²) in [4.78, 5) is 29.3. The van der Waals surface area contributed by atoms with Crippen molar-refractivity contribution >= 4 is 33.6 Å². The molecule has 7 heteroatoms. The Morgan fingerprint density at radius 3 is 2.67 bits per heavy atom. The van der Waals surface area contributed by atoms with Crippen LogP contribution in [0.5, 0.6) is 0 Å². The van der Waals surface area contributed by atoms with E-state index in [0.29, 0.717) is 21.5 Å². The van der Waals surface area contributed by atoms with Crippen LogP contribution in [-0.4, -0.2) is 33.8 Å². The summed E-state index contributed by atoms with van der Waals surface area (Å²) in [6, 6.07) is 9.46. The van der Waals surface area contributed by atoms with E-state index in [0.717, 1.165) is 11.8 Å². The van der Waals surface area contributed by atoms with Crippen LogP contribution in [0.1, 0.15) is 17.4 Å². The van der Waals surface area contributed by atoms with E-state index < -0.39 is 0 Å². The van der Waals surface area contributed by atoms with Gasteiger partial charge in [-0.1, -0.05) is 41.7 Å². The molecule has 2 aromatic heterocycles. The van der Waals surface area contributed by atoms with E-state index in [1.807, 2.05) is 30.3 Å². The van der Waals surface area contributed by atoms with Gasteiger partial charge in [-0.3, -0.25) is 14.5 Å². The molecule has 0 N–H and O–H groups in total. The second-order valence-corrected chi connectivity index (χ2v) is 5.42. The Balaban J connectivity index is 2.16. The molecule has 0 fully saturated rings. The van der Waals surface area contributed by atoms with E-state index in [4.69, 9.17) is 0 Å². The summed E-state index contributed by atoms with van der Waals surface area (Å²) < 4.78 is 1.48. The normalized spacial score (nSPS) is 10.8. The zero-order valence-electron chi connectivity index (χ0n) is 11.5. The summed E-state index contributed by atoms with van der Waals surface area (Å²) in [7, 11) is 1.64. The quantitative estimate of drug-likeness (QED) is 0.696. The molecular weight excluding hydrogens is 288 g/mol. The van der Waals surface area contributed by atoms with E-state index in [-0.39, 0.29) is 5.91 Å². The van der Waals surface area contributed by atoms with E-state index in [1.165, 1.54) is 27.7 Å². The summed E-state index contributed by atoms with van der Waals surface area (Å²) in [6.45, 7) is 1.46. The van der Waals surface area contributed by atoms with E-state index in [9.17, 15) is 9.59 Å². The van der Waals surface area contributed by atoms with Gasteiger partial charge in [0.05, 0.1) is 0 Å². The Morgan fingerprint density at radius 2 is 2.05 bits per heavy atom. The number of nitrogens with zero attached hydrogens (tertiary/aromatic N) is 4. The number of aromatic nitrogens is 3. The average Bonchev–Trinajstić information content (AvgIpc) is 3.04. The molecule has 0 spiro atoms. The molecule has 0 aliphatic carbocycles. The number of benzene rings is 1. The third-order valence-corrected chi connectivity index (χ3v) is 4.13. The van der Waals surface area contributed by atoms with Gasteiger partial charge in [-0.05, 0) is 0 Å². The number of fused-ring (bicyclic) bond motifs is 1. The van der Waals surface area contributed by atoms with Gasteiger partial charge in [-0.15, -0.1) is 5.10 Å². The van der Waals surface area contributed by atoms with E-state index >= 15 is 0 Å². The minimum Gasteiger partial charge on any atom is -0.296 e. The standard InChI is InChI=1S/C14H12N4O2S/c1-9(20)17(2)14-16-18-11(8-19)12(15-13(18)21-14)10-6-4-3-5-7-10/h3-8H,1-2H3. The van der Waals surface area contributed by atoms with Crippen molar-refractivity contribution in [1.82, 2.24) is 14.6 Å². The number of carbonyl (C=O) groups is 2. The van der Waals surface area contributed by atoms with Crippen molar-refractivity contribution in [3.8, 4) is 11.3 Å². The van der Waals surface area contributed by atoms with E-state index in [2.05, 4.69) is 10.1 Å². The van der Waals surface area contributed by atoms with Gasteiger partial charge < -0.3 is 0 Å². The van der Waals surface area contributed by atoms with E-state index in [1.54, 1.807) is 7.05 Å². The summed E-state index contributed by atoms with van der Waals surface area (Å²) in [5.74, 6) is -0.122. The molecule has 1 amide bonds. The predicted octanol–water partition coefficient (Wildman–Crippen LogP) is 2.25. The summed E-state index contributed by atoms with van der Waals surface area (Å²) in [6.07, 6.45) is 0.736. The van der Waals surface area contributed by atoms with Crippen LogP contribution >= 0.6 is 11.3 Å². The first-order valence-corrected chi connectivity index (χ1v) is 7.08. The zero-order valence-corrected chi connectivity index (χ0v) is 12.3. The van der Waals surface area contributed by atoms with Gasteiger partial charge in [0, 0.05) is 19.5 Å². The van der Waals surface area contributed by atoms with Gasteiger partial charge in [-0.25, -0.2) is 4.98 Å². The highest BCUT2D eigenvalue weighted by Crippen LogP contribution is 2.28. The number of hydrogen-bond donors (Lipinski definition) is 0. The van der Waals surface area contributed by atoms with Gasteiger partial charge in [-0.2, -0.15) is 4.52 Å². The third-order valence-electron chi connectivity index (χ3n) is 3.15. The van der Waals surface area contributed by atoms with Crippen LogP contribution in [0.3, 0.4) is 0 Å². The van der Waals surface area contributed by atoms with Crippen LogP contribution < -0.4 is 4.90 Å². The molecular formula is C14H12N4O2S. The fraction of sp³-hybridized carbons (Fsp3) is 0.143. The van der Waals surface area contributed by atoms with Crippen molar-refractivity contribution in [3.63, 3.8) is 0 Å². The lowest BCUT2D eigenvalue weighted by Crippen LogP contribution is -2.22. The molecule has 21 heavy (non-hydrogen) atoms. The fourth-order valence-corrected chi connectivity index (χ4v) is 2.85. The lowest BCUT2D eigenvalue weighted by Gasteiger charge is -2.08. The summed E-state index contributed by atoms with van der Waals surface area (Å²) >= 11 is 1.27. The first-order valence-electron chi connectivity index (χ1n) is 6.26. The van der Waals surface area contributed by atoms with Crippen LogP contribution in [0.15, 0.2) is 30.3 Å². The maximum Gasteiger partial charge on any atom is 0.225 e. The summed E-state index contributed by atoms with van der Waals surface area (Å²) in [5.41, 5.74) is 1.84. The molecule has 0 unspecified atom stereocenters. The zero-order chi connectivity index (χ0) is 15.0. The molecule has 0 aliphatic rings. The van der Waals surface area contributed by atoms with Crippen molar-refractivity contribution in [1.29, 1.82) is 0 Å².